The van der Waals surface area contributed by atoms with Crippen LogP contribution in [0.5, 0.6) is 11.5 Å². The molecule has 5 nitrogen and oxygen atoms in total. The van der Waals surface area contributed by atoms with Gasteiger partial charge < -0.3 is 9.47 Å². The Morgan fingerprint density at radius 2 is 1.66 bits per heavy atom. The van der Waals surface area contributed by atoms with E-state index in [1.165, 1.54) is 16.9 Å². The molecule has 6 heteroatoms. The fourth-order valence-corrected chi connectivity index (χ4v) is 6.74. The van der Waals surface area contributed by atoms with Crippen LogP contribution in [0.4, 0.5) is 0 Å². The lowest BCUT2D eigenvalue weighted by Crippen LogP contribution is -2.38. The van der Waals surface area contributed by atoms with Crippen molar-refractivity contribution in [3.05, 3.63) is 156 Å². The largest absolute Gasteiger partial charge is 0.496 e. The molecule has 0 N–H and O–H groups in total. The van der Waals surface area contributed by atoms with Crippen LogP contribution in [0.2, 0.25) is 0 Å². The average molecular weight is 557 g/mol. The number of rotatable bonds is 6. The number of allylic oxidation sites excluding steroid dienone is 1. The third kappa shape index (κ3) is 4.70. The Balaban J connectivity index is 1.31. The van der Waals surface area contributed by atoms with Crippen LogP contribution in [0.25, 0.3) is 11.8 Å². The Morgan fingerprint density at radius 3 is 2.49 bits per heavy atom. The van der Waals surface area contributed by atoms with Crippen LogP contribution in [0, 0.1) is 0 Å². The smallest absolute Gasteiger partial charge is 0.271 e. The number of hydrogen-bond acceptors (Lipinski definition) is 5. The Labute approximate surface area is 242 Å². The summed E-state index contributed by atoms with van der Waals surface area (Å²) in [5.74, 6) is 1.56. The number of para-hydroxylation sites is 1. The molecular formula is C35H28N2O3S. The molecule has 0 bridgehead atoms. The number of aromatic nitrogens is 1. The second kappa shape index (κ2) is 10.7. The maximum atomic E-state index is 14.0. The molecule has 41 heavy (non-hydrogen) atoms. The van der Waals surface area contributed by atoms with Gasteiger partial charge in [0.1, 0.15) is 18.1 Å². The molecule has 0 amide bonds. The van der Waals surface area contributed by atoms with Crippen molar-refractivity contribution in [2.45, 2.75) is 25.5 Å². The van der Waals surface area contributed by atoms with Crippen LogP contribution in [0.1, 0.15) is 40.3 Å². The molecule has 7 rings (SSSR count). The normalized spacial score (nSPS) is 15.9. The first-order valence-corrected chi connectivity index (χ1v) is 14.5. The first-order valence-electron chi connectivity index (χ1n) is 13.7. The molecule has 4 aromatic carbocycles. The third-order valence-corrected chi connectivity index (χ3v) is 8.72. The van der Waals surface area contributed by atoms with E-state index >= 15 is 0 Å². The number of fused-ring (bicyclic) bond motifs is 3. The summed E-state index contributed by atoms with van der Waals surface area (Å²) in [5.41, 5.74) is 7.57. The molecule has 1 aliphatic carbocycles. The molecule has 0 fully saturated rings. The highest BCUT2D eigenvalue weighted by atomic mass is 32.1. The fourth-order valence-electron chi connectivity index (χ4n) is 5.74. The van der Waals surface area contributed by atoms with E-state index in [2.05, 4.69) is 30.3 Å². The van der Waals surface area contributed by atoms with Crippen LogP contribution in [-0.4, -0.2) is 11.7 Å². The van der Waals surface area contributed by atoms with Crippen LogP contribution < -0.4 is 24.4 Å². The number of methoxy groups -OCH3 is 1. The van der Waals surface area contributed by atoms with Gasteiger partial charge in [-0.05, 0) is 59.4 Å². The molecule has 5 aromatic rings. The highest BCUT2D eigenvalue weighted by molar-refractivity contribution is 7.07. The van der Waals surface area contributed by atoms with Gasteiger partial charge in [-0.2, -0.15) is 0 Å². The van der Waals surface area contributed by atoms with Gasteiger partial charge in [-0.25, -0.2) is 4.99 Å². The van der Waals surface area contributed by atoms with Crippen molar-refractivity contribution >= 4 is 23.1 Å². The van der Waals surface area contributed by atoms with Crippen molar-refractivity contribution in [1.29, 1.82) is 0 Å². The molecule has 0 radical (unpaired) electrons. The Bertz CT molecular complexity index is 1950. The molecule has 0 saturated carbocycles. The minimum Gasteiger partial charge on any atom is -0.496 e. The van der Waals surface area contributed by atoms with Crippen LogP contribution >= 0.6 is 11.3 Å². The monoisotopic (exact) mass is 556 g/mol. The van der Waals surface area contributed by atoms with Crippen molar-refractivity contribution in [1.82, 2.24) is 4.57 Å². The predicted octanol–water partition coefficient (Wildman–Crippen LogP) is 5.91. The Morgan fingerprint density at radius 1 is 0.902 bits per heavy atom. The first-order chi connectivity index (χ1) is 20.2. The molecule has 1 aliphatic heterocycles. The van der Waals surface area contributed by atoms with Gasteiger partial charge in [0.15, 0.2) is 4.80 Å². The molecule has 2 heterocycles. The van der Waals surface area contributed by atoms with Crippen molar-refractivity contribution in [2.24, 2.45) is 4.99 Å². The minimum atomic E-state index is -0.276. The van der Waals surface area contributed by atoms with Crippen molar-refractivity contribution in [3.8, 4) is 11.5 Å². The lowest BCUT2D eigenvalue weighted by Gasteiger charge is -2.31. The Kier molecular flexibility index (Phi) is 6.61. The number of nitrogens with zero attached hydrogens (tertiary/aromatic N) is 2. The SMILES string of the molecule is COc1ccccc1C1C2=C(N=c3s/c(=C\c4ccc(OCc5ccccc5)cc4)c(=O)n31)c1ccccc1CC2. The molecule has 2 aliphatic rings. The zero-order valence-corrected chi connectivity index (χ0v) is 23.4. The lowest BCUT2D eigenvalue weighted by molar-refractivity contribution is 0.306. The van der Waals surface area contributed by atoms with E-state index in [0.717, 1.165) is 57.9 Å². The van der Waals surface area contributed by atoms with Gasteiger partial charge in [-0.1, -0.05) is 96.3 Å². The Hall–Kier alpha value is -4.68. The van der Waals surface area contributed by atoms with Gasteiger partial charge in [0, 0.05) is 11.1 Å². The summed E-state index contributed by atoms with van der Waals surface area (Å²) in [5, 5.41) is 0. The summed E-state index contributed by atoms with van der Waals surface area (Å²) in [7, 11) is 1.68. The molecule has 1 atom stereocenters. The standard InChI is InChI=1S/C35H28N2O3S/c1-39-30-14-8-7-13-28(30)33-29-20-17-25-11-5-6-12-27(25)32(29)36-35-37(33)34(38)31(41-35)21-23-15-18-26(19-16-23)40-22-24-9-3-2-4-10-24/h2-16,18-19,21,33H,17,20,22H2,1H3/b31-21-. The van der Waals surface area contributed by atoms with Crippen LogP contribution in [0.3, 0.4) is 0 Å². The topological polar surface area (TPSA) is 52.8 Å². The first kappa shape index (κ1) is 25.3. The van der Waals surface area contributed by atoms with E-state index in [0.29, 0.717) is 15.9 Å². The molecular weight excluding hydrogens is 528 g/mol. The maximum absolute atomic E-state index is 14.0. The maximum Gasteiger partial charge on any atom is 0.271 e. The predicted molar refractivity (Wildman–Crippen MR) is 163 cm³/mol. The van der Waals surface area contributed by atoms with E-state index in [-0.39, 0.29) is 11.6 Å². The summed E-state index contributed by atoms with van der Waals surface area (Å²) >= 11 is 1.43. The summed E-state index contributed by atoms with van der Waals surface area (Å²) < 4.78 is 14.2. The van der Waals surface area contributed by atoms with E-state index in [9.17, 15) is 4.79 Å². The number of benzene rings is 4. The summed E-state index contributed by atoms with van der Waals surface area (Å²) in [6.45, 7) is 0.509. The summed E-state index contributed by atoms with van der Waals surface area (Å²) in [4.78, 5) is 19.9. The van der Waals surface area contributed by atoms with Gasteiger partial charge in [0.25, 0.3) is 5.56 Å². The summed E-state index contributed by atoms with van der Waals surface area (Å²) in [6, 6.07) is 34.1. The third-order valence-electron chi connectivity index (χ3n) is 7.73. The van der Waals surface area contributed by atoms with Gasteiger partial charge in [0.05, 0.1) is 23.4 Å². The van der Waals surface area contributed by atoms with Gasteiger partial charge in [-0.15, -0.1) is 0 Å². The highest BCUT2D eigenvalue weighted by Gasteiger charge is 2.33. The minimum absolute atomic E-state index is 0.0422. The molecule has 202 valence electrons. The van der Waals surface area contributed by atoms with Crippen LogP contribution in [-0.2, 0) is 13.0 Å². The fraction of sp³-hybridized carbons (Fsp3) is 0.143. The van der Waals surface area contributed by atoms with Crippen molar-refractivity contribution in [3.63, 3.8) is 0 Å². The van der Waals surface area contributed by atoms with Gasteiger partial charge in [-0.3, -0.25) is 9.36 Å². The van der Waals surface area contributed by atoms with E-state index in [4.69, 9.17) is 14.5 Å². The second-order valence-electron chi connectivity index (χ2n) is 10.2. The zero-order chi connectivity index (χ0) is 27.8. The molecule has 0 saturated heterocycles. The summed E-state index contributed by atoms with van der Waals surface area (Å²) in [6.07, 6.45) is 3.70. The quantitative estimate of drug-likeness (QED) is 0.262. The lowest BCUT2D eigenvalue weighted by atomic mass is 9.83. The highest BCUT2D eigenvalue weighted by Crippen LogP contribution is 2.43. The number of thiazole rings is 1. The number of aryl methyl sites for hydroxylation is 1. The van der Waals surface area contributed by atoms with E-state index < -0.39 is 0 Å². The molecule has 1 aromatic heterocycles. The van der Waals surface area contributed by atoms with Crippen LogP contribution in [0.15, 0.2) is 118 Å². The number of ether oxygens (including phenoxy) is 2. The zero-order valence-electron chi connectivity index (χ0n) is 22.6. The second-order valence-corrected chi connectivity index (χ2v) is 11.2. The molecule has 0 spiro atoms. The van der Waals surface area contributed by atoms with Crippen molar-refractivity contribution in [2.75, 3.05) is 7.11 Å². The molecule has 1 unspecified atom stereocenters. The average Bonchev–Trinajstić information content (AvgIpc) is 3.34. The van der Waals surface area contributed by atoms with E-state index in [1.54, 1.807) is 7.11 Å². The van der Waals surface area contributed by atoms with Gasteiger partial charge >= 0.3 is 0 Å². The van der Waals surface area contributed by atoms with E-state index in [1.807, 2.05) is 83.4 Å². The van der Waals surface area contributed by atoms with Crippen molar-refractivity contribution < 1.29 is 9.47 Å². The van der Waals surface area contributed by atoms with Gasteiger partial charge in [0.2, 0.25) is 0 Å². The number of hydrogen-bond donors (Lipinski definition) is 0.